The molecule has 19 heavy (non-hydrogen) atoms. The number of ether oxygens (including phenoxy) is 1. The Morgan fingerprint density at radius 2 is 1.89 bits per heavy atom. The largest absolute Gasteiger partial charge is 0.492 e. The number of carbonyl (C=O) groups is 2. The van der Waals surface area contributed by atoms with E-state index in [4.69, 9.17) is 4.74 Å². The van der Waals surface area contributed by atoms with Crippen molar-refractivity contribution < 1.29 is 14.3 Å². The number of alkyl halides is 1. The second kappa shape index (κ2) is 8.53. The van der Waals surface area contributed by atoms with Gasteiger partial charge in [0.2, 0.25) is 5.91 Å². The number of nitrogens with one attached hydrogen (secondary N) is 2. The Morgan fingerprint density at radius 1 is 1.21 bits per heavy atom. The van der Waals surface area contributed by atoms with Crippen molar-refractivity contribution in [3.63, 3.8) is 0 Å². The number of amides is 2. The summed E-state index contributed by atoms with van der Waals surface area (Å²) in [6.45, 7) is 2.72. The lowest BCUT2D eigenvalue weighted by molar-refractivity contribution is -0.118. The summed E-state index contributed by atoms with van der Waals surface area (Å²) in [5.41, 5.74) is 0.492. The number of hydrogen-bond acceptors (Lipinski definition) is 3. The summed E-state index contributed by atoms with van der Waals surface area (Å²) in [5, 5.41) is 6.04. The van der Waals surface area contributed by atoms with E-state index < -0.39 is 0 Å². The molecule has 0 bridgehead atoms. The predicted octanol–water partition coefficient (Wildman–Crippen LogP) is 1.33. The maximum Gasteiger partial charge on any atom is 0.255 e. The van der Waals surface area contributed by atoms with Gasteiger partial charge in [-0.1, -0.05) is 28.1 Å². The van der Waals surface area contributed by atoms with Crippen molar-refractivity contribution in [2.75, 3.05) is 25.0 Å². The van der Waals surface area contributed by atoms with Crippen molar-refractivity contribution in [3.05, 3.63) is 29.8 Å². The molecule has 0 spiro atoms. The highest BCUT2D eigenvalue weighted by atomic mass is 79.9. The first-order valence-corrected chi connectivity index (χ1v) is 7.07. The molecule has 0 saturated heterocycles. The van der Waals surface area contributed by atoms with Gasteiger partial charge < -0.3 is 15.4 Å². The van der Waals surface area contributed by atoms with Crippen molar-refractivity contribution in [1.29, 1.82) is 0 Å². The first-order chi connectivity index (χ1) is 9.15. The van der Waals surface area contributed by atoms with Crippen LogP contribution in [0.1, 0.15) is 17.3 Å². The van der Waals surface area contributed by atoms with Gasteiger partial charge in [0.15, 0.2) is 0 Å². The summed E-state index contributed by atoms with van der Waals surface area (Å²) in [7, 11) is 0. The minimum absolute atomic E-state index is 0.115. The second-order valence-electron chi connectivity index (χ2n) is 3.77. The summed E-state index contributed by atoms with van der Waals surface area (Å²) >= 11 is 3.27. The first kappa shape index (κ1) is 15.5. The van der Waals surface area contributed by atoms with Crippen molar-refractivity contribution in [1.82, 2.24) is 10.6 Å². The fourth-order valence-corrected chi connectivity index (χ4v) is 1.60. The molecule has 0 aromatic heterocycles. The molecule has 0 fully saturated rings. The predicted molar refractivity (Wildman–Crippen MR) is 76.7 cm³/mol. The highest BCUT2D eigenvalue weighted by Gasteiger charge is 2.11. The molecule has 0 radical (unpaired) electrons. The number of benzene rings is 1. The molecule has 2 N–H and O–H groups in total. The molecule has 104 valence electrons. The van der Waals surface area contributed by atoms with Gasteiger partial charge >= 0.3 is 0 Å². The minimum Gasteiger partial charge on any atom is -0.492 e. The molecule has 0 atom stereocenters. The molecular weight excluding hydrogens is 312 g/mol. The molecular formula is C13H17BrN2O3. The van der Waals surface area contributed by atoms with E-state index in [0.717, 1.165) is 0 Å². The molecule has 2 amide bonds. The molecule has 1 aromatic rings. The third kappa shape index (κ3) is 5.74. The van der Waals surface area contributed by atoms with E-state index in [9.17, 15) is 9.59 Å². The normalized spacial score (nSPS) is 9.79. The van der Waals surface area contributed by atoms with Gasteiger partial charge in [0.25, 0.3) is 5.91 Å². The lowest BCUT2D eigenvalue weighted by Gasteiger charge is -2.11. The van der Waals surface area contributed by atoms with Crippen LogP contribution in [0.2, 0.25) is 0 Å². The Labute approximate surface area is 120 Å². The monoisotopic (exact) mass is 328 g/mol. The van der Waals surface area contributed by atoms with E-state index in [-0.39, 0.29) is 11.8 Å². The van der Waals surface area contributed by atoms with Crippen molar-refractivity contribution in [2.24, 2.45) is 0 Å². The van der Waals surface area contributed by atoms with Crippen LogP contribution in [0.15, 0.2) is 24.3 Å². The Kier molecular flexibility index (Phi) is 6.95. The van der Waals surface area contributed by atoms with Crippen LogP contribution in [0.25, 0.3) is 0 Å². The maximum atomic E-state index is 12.0. The van der Waals surface area contributed by atoms with Crippen LogP contribution in [0.4, 0.5) is 0 Å². The van der Waals surface area contributed by atoms with E-state index in [2.05, 4.69) is 26.6 Å². The lowest BCUT2D eigenvalue weighted by Crippen LogP contribution is -2.33. The molecule has 5 nitrogen and oxygen atoms in total. The van der Waals surface area contributed by atoms with Crippen LogP contribution >= 0.6 is 15.9 Å². The average molecular weight is 329 g/mol. The topological polar surface area (TPSA) is 67.4 Å². The molecule has 0 heterocycles. The molecule has 1 rings (SSSR count). The molecule has 1 aromatic carbocycles. The van der Waals surface area contributed by atoms with Gasteiger partial charge in [-0.3, -0.25) is 9.59 Å². The van der Waals surface area contributed by atoms with Crippen molar-refractivity contribution in [2.45, 2.75) is 6.92 Å². The van der Waals surface area contributed by atoms with E-state index in [1.165, 1.54) is 6.92 Å². The molecule has 6 heteroatoms. The van der Waals surface area contributed by atoms with E-state index in [1.807, 2.05) is 6.07 Å². The van der Waals surface area contributed by atoms with Gasteiger partial charge in [-0.15, -0.1) is 0 Å². The van der Waals surface area contributed by atoms with Gasteiger partial charge in [-0.05, 0) is 12.1 Å². The Bertz CT molecular complexity index is 438. The summed E-state index contributed by atoms with van der Waals surface area (Å²) in [4.78, 5) is 22.6. The van der Waals surface area contributed by atoms with Gasteiger partial charge in [0, 0.05) is 25.3 Å². The Balaban J connectivity index is 2.53. The fourth-order valence-electron chi connectivity index (χ4n) is 1.44. The number of rotatable bonds is 7. The third-order valence-corrected chi connectivity index (χ3v) is 2.57. The zero-order valence-corrected chi connectivity index (χ0v) is 12.3. The van der Waals surface area contributed by atoms with Gasteiger partial charge in [0.1, 0.15) is 5.75 Å². The van der Waals surface area contributed by atoms with Crippen LogP contribution in [0.5, 0.6) is 5.75 Å². The van der Waals surface area contributed by atoms with E-state index >= 15 is 0 Å². The summed E-state index contributed by atoms with van der Waals surface area (Å²) in [5.74, 6) is 0.227. The number of carbonyl (C=O) groups excluding carboxylic acids is 2. The summed E-state index contributed by atoms with van der Waals surface area (Å²) in [6, 6.07) is 7.06. The molecule has 0 saturated carbocycles. The molecule has 0 unspecified atom stereocenters. The van der Waals surface area contributed by atoms with E-state index in [0.29, 0.717) is 36.3 Å². The highest BCUT2D eigenvalue weighted by Crippen LogP contribution is 2.17. The van der Waals surface area contributed by atoms with Crippen LogP contribution in [0.3, 0.4) is 0 Å². The highest BCUT2D eigenvalue weighted by molar-refractivity contribution is 9.09. The second-order valence-corrected chi connectivity index (χ2v) is 4.57. The fraction of sp³-hybridized carbons (Fsp3) is 0.385. The average Bonchev–Trinajstić information content (AvgIpc) is 2.41. The van der Waals surface area contributed by atoms with Crippen LogP contribution in [0, 0.1) is 0 Å². The molecule has 0 aliphatic heterocycles. The van der Waals surface area contributed by atoms with Gasteiger partial charge in [-0.2, -0.15) is 0 Å². The first-order valence-electron chi connectivity index (χ1n) is 5.95. The zero-order valence-electron chi connectivity index (χ0n) is 10.7. The zero-order chi connectivity index (χ0) is 14.1. The van der Waals surface area contributed by atoms with Crippen molar-refractivity contribution in [3.8, 4) is 5.75 Å². The smallest absolute Gasteiger partial charge is 0.255 e. The summed E-state index contributed by atoms with van der Waals surface area (Å²) < 4.78 is 5.47. The van der Waals surface area contributed by atoms with Crippen LogP contribution in [-0.2, 0) is 4.79 Å². The molecule has 0 aliphatic carbocycles. The molecule has 0 aliphatic rings. The van der Waals surface area contributed by atoms with Crippen molar-refractivity contribution >= 4 is 27.7 Å². The van der Waals surface area contributed by atoms with Crippen LogP contribution < -0.4 is 15.4 Å². The Hall–Kier alpha value is -1.56. The Morgan fingerprint density at radius 3 is 2.58 bits per heavy atom. The number of para-hydroxylation sites is 1. The van der Waals surface area contributed by atoms with Gasteiger partial charge in [-0.25, -0.2) is 0 Å². The van der Waals surface area contributed by atoms with E-state index in [1.54, 1.807) is 18.2 Å². The standard InChI is InChI=1S/C13H17BrN2O3/c1-10(17)15-7-8-16-13(18)11-4-2-3-5-12(11)19-9-6-14/h2-5H,6-9H2,1H3,(H,15,17)(H,16,18). The minimum atomic E-state index is -0.212. The number of hydrogen-bond donors (Lipinski definition) is 2. The third-order valence-electron chi connectivity index (χ3n) is 2.25. The maximum absolute atomic E-state index is 12.0. The van der Waals surface area contributed by atoms with Crippen LogP contribution in [-0.4, -0.2) is 36.8 Å². The SMILES string of the molecule is CC(=O)NCCNC(=O)c1ccccc1OCCBr. The number of halogens is 1. The van der Waals surface area contributed by atoms with Gasteiger partial charge in [0.05, 0.1) is 12.2 Å². The summed E-state index contributed by atoms with van der Waals surface area (Å²) in [6.07, 6.45) is 0. The lowest BCUT2D eigenvalue weighted by atomic mass is 10.2. The quantitative estimate of drug-likeness (QED) is 0.586.